The van der Waals surface area contributed by atoms with Gasteiger partial charge in [-0.25, -0.2) is 0 Å². The summed E-state index contributed by atoms with van der Waals surface area (Å²) in [4.78, 5) is 0. The van der Waals surface area contributed by atoms with Gasteiger partial charge in [0.25, 0.3) is 0 Å². The van der Waals surface area contributed by atoms with E-state index in [0.29, 0.717) is 11.5 Å². The van der Waals surface area contributed by atoms with Crippen molar-refractivity contribution in [3.63, 3.8) is 0 Å². The largest absolute Gasteiger partial charge is 0.377 e. The van der Waals surface area contributed by atoms with E-state index in [0.717, 1.165) is 31.5 Å². The van der Waals surface area contributed by atoms with E-state index >= 15 is 0 Å². The van der Waals surface area contributed by atoms with E-state index in [4.69, 9.17) is 4.74 Å². The molecule has 2 aliphatic rings. The minimum absolute atomic E-state index is 0.430. The van der Waals surface area contributed by atoms with Gasteiger partial charge in [0.2, 0.25) is 0 Å². The molecule has 0 aromatic rings. The Morgan fingerprint density at radius 3 is 2.78 bits per heavy atom. The molecule has 2 rings (SSSR count). The molecule has 2 unspecified atom stereocenters. The lowest BCUT2D eigenvalue weighted by atomic mass is 9.76. The molecule has 3 heteroatoms. The molecule has 0 aromatic heterocycles. The first kappa shape index (κ1) is 14.7. The van der Waals surface area contributed by atoms with Gasteiger partial charge in [-0.2, -0.15) is 11.8 Å². The molecule has 0 spiro atoms. The summed E-state index contributed by atoms with van der Waals surface area (Å²) < 4.78 is 6.10. The topological polar surface area (TPSA) is 21.3 Å². The molecule has 0 radical (unpaired) electrons. The summed E-state index contributed by atoms with van der Waals surface area (Å²) in [5.41, 5.74) is 0.430. The molecule has 0 aromatic carbocycles. The van der Waals surface area contributed by atoms with E-state index in [1.54, 1.807) is 0 Å². The Bertz CT molecular complexity index is 255. The second kappa shape index (κ2) is 6.62. The van der Waals surface area contributed by atoms with Gasteiger partial charge in [0.15, 0.2) is 0 Å². The average molecular weight is 271 g/mol. The zero-order valence-electron chi connectivity index (χ0n) is 12.2. The molecular formula is C15H29NOS. The first-order valence-corrected chi connectivity index (χ1v) is 8.88. The quantitative estimate of drug-likeness (QED) is 0.732. The Morgan fingerprint density at radius 1 is 1.39 bits per heavy atom. The van der Waals surface area contributed by atoms with Crippen molar-refractivity contribution in [2.24, 2.45) is 17.3 Å². The van der Waals surface area contributed by atoms with Crippen molar-refractivity contribution in [2.75, 3.05) is 31.7 Å². The van der Waals surface area contributed by atoms with Gasteiger partial charge in [-0.1, -0.05) is 13.8 Å². The van der Waals surface area contributed by atoms with Crippen molar-refractivity contribution < 1.29 is 4.74 Å². The lowest BCUT2D eigenvalue weighted by Crippen LogP contribution is -2.43. The fourth-order valence-corrected chi connectivity index (χ4v) is 3.81. The summed E-state index contributed by atoms with van der Waals surface area (Å²) in [5.74, 6) is 2.88. The third-order valence-corrected chi connectivity index (χ3v) is 5.00. The van der Waals surface area contributed by atoms with Gasteiger partial charge in [0, 0.05) is 18.6 Å². The first-order valence-electron chi connectivity index (χ1n) is 7.49. The van der Waals surface area contributed by atoms with Gasteiger partial charge in [-0.3, -0.25) is 0 Å². The maximum Gasteiger partial charge on any atom is 0.0672 e. The molecule has 106 valence electrons. The summed E-state index contributed by atoms with van der Waals surface area (Å²) >= 11 is 1.98. The number of hydrogen-bond donors (Lipinski definition) is 1. The van der Waals surface area contributed by atoms with Crippen molar-refractivity contribution in [3.05, 3.63) is 0 Å². The highest BCUT2D eigenvalue weighted by atomic mass is 32.2. The van der Waals surface area contributed by atoms with Crippen LogP contribution >= 0.6 is 11.8 Å². The van der Waals surface area contributed by atoms with Gasteiger partial charge in [0.1, 0.15) is 0 Å². The lowest BCUT2D eigenvalue weighted by molar-refractivity contribution is 0.0291. The van der Waals surface area contributed by atoms with E-state index in [1.165, 1.54) is 31.4 Å². The normalized spacial score (nSPS) is 32.3. The third kappa shape index (κ3) is 3.64. The lowest BCUT2D eigenvalue weighted by Gasteiger charge is -2.35. The molecule has 1 heterocycles. The predicted molar refractivity (Wildman–Crippen MR) is 80.2 cm³/mol. The molecule has 1 aliphatic heterocycles. The Hall–Kier alpha value is 0.270. The monoisotopic (exact) mass is 271 g/mol. The van der Waals surface area contributed by atoms with Gasteiger partial charge < -0.3 is 10.1 Å². The molecule has 18 heavy (non-hydrogen) atoms. The van der Waals surface area contributed by atoms with Crippen LogP contribution in [0.4, 0.5) is 0 Å². The molecule has 1 aliphatic carbocycles. The number of thioether (sulfide) groups is 1. The zero-order valence-corrected chi connectivity index (χ0v) is 13.0. The molecule has 2 fully saturated rings. The molecule has 2 atom stereocenters. The Morgan fingerprint density at radius 2 is 2.17 bits per heavy atom. The van der Waals surface area contributed by atoms with Crippen molar-refractivity contribution in [1.29, 1.82) is 0 Å². The maximum atomic E-state index is 6.10. The van der Waals surface area contributed by atoms with Gasteiger partial charge >= 0.3 is 0 Å². The Balaban J connectivity index is 1.92. The Kier molecular flexibility index (Phi) is 5.40. The van der Waals surface area contributed by atoms with Crippen LogP contribution in [-0.4, -0.2) is 37.8 Å². The van der Waals surface area contributed by atoms with Crippen LogP contribution in [0.2, 0.25) is 0 Å². The number of ether oxygens (including phenoxy) is 1. The van der Waals surface area contributed by atoms with Gasteiger partial charge in [-0.05, 0) is 56.1 Å². The summed E-state index contributed by atoms with van der Waals surface area (Å²) in [6.45, 7) is 7.85. The smallest absolute Gasteiger partial charge is 0.0672 e. The molecular weight excluding hydrogens is 242 g/mol. The highest BCUT2D eigenvalue weighted by Gasteiger charge is 2.50. The molecule has 2 nitrogen and oxygen atoms in total. The summed E-state index contributed by atoms with van der Waals surface area (Å²) in [6.07, 6.45) is 8.15. The van der Waals surface area contributed by atoms with Crippen molar-refractivity contribution in [2.45, 2.75) is 45.6 Å². The standard InChI is InChI=1S/C15H29NOS/c1-12(2)10-16-11-15(7-9-18-3)6-8-17-14(15)13-4-5-13/h12-14,16H,4-11H2,1-3H3. The fourth-order valence-electron chi connectivity index (χ4n) is 3.20. The molecule has 1 saturated carbocycles. The highest BCUT2D eigenvalue weighted by molar-refractivity contribution is 7.98. The first-order chi connectivity index (χ1) is 8.68. The second-order valence-corrected chi connectivity index (χ2v) is 7.49. The van der Waals surface area contributed by atoms with Gasteiger partial charge in [-0.15, -0.1) is 0 Å². The minimum atomic E-state index is 0.430. The molecule has 1 saturated heterocycles. The van der Waals surface area contributed by atoms with E-state index < -0.39 is 0 Å². The third-order valence-electron chi connectivity index (χ3n) is 4.38. The van der Waals surface area contributed by atoms with E-state index in [-0.39, 0.29) is 0 Å². The predicted octanol–water partition coefficient (Wildman–Crippen LogP) is 3.17. The van der Waals surface area contributed by atoms with Crippen LogP contribution in [0.25, 0.3) is 0 Å². The van der Waals surface area contributed by atoms with E-state index in [9.17, 15) is 0 Å². The van der Waals surface area contributed by atoms with Crippen molar-refractivity contribution in [3.8, 4) is 0 Å². The molecule has 0 bridgehead atoms. The SMILES string of the molecule is CSCCC1(CNCC(C)C)CCOC1C1CC1. The number of rotatable bonds is 8. The van der Waals surface area contributed by atoms with Gasteiger partial charge in [0.05, 0.1) is 6.10 Å². The zero-order chi connectivity index (χ0) is 13.0. The number of nitrogens with one attached hydrogen (secondary N) is 1. The summed E-state index contributed by atoms with van der Waals surface area (Å²) in [6, 6.07) is 0. The number of hydrogen-bond acceptors (Lipinski definition) is 3. The van der Waals surface area contributed by atoms with Crippen molar-refractivity contribution in [1.82, 2.24) is 5.32 Å². The average Bonchev–Trinajstić information content (AvgIpc) is 3.09. The molecule has 1 N–H and O–H groups in total. The van der Waals surface area contributed by atoms with Crippen LogP contribution in [0.15, 0.2) is 0 Å². The van der Waals surface area contributed by atoms with Crippen LogP contribution in [0.1, 0.15) is 39.5 Å². The molecule has 0 amide bonds. The summed E-state index contributed by atoms with van der Waals surface area (Å²) in [5, 5.41) is 3.70. The summed E-state index contributed by atoms with van der Waals surface area (Å²) in [7, 11) is 0. The fraction of sp³-hybridized carbons (Fsp3) is 1.00. The Labute approximate surface area is 117 Å². The highest BCUT2D eigenvalue weighted by Crippen LogP contribution is 2.49. The van der Waals surface area contributed by atoms with E-state index in [1.807, 2.05) is 11.8 Å². The van der Waals surface area contributed by atoms with Crippen LogP contribution in [-0.2, 0) is 4.74 Å². The van der Waals surface area contributed by atoms with Crippen molar-refractivity contribution >= 4 is 11.8 Å². The minimum Gasteiger partial charge on any atom is -0.377 e. The van der Waals surface area contributed by atoms with Crippen LogP contribution in [0.5, 0.6) is 0 Å². The maximum absolute atomic E-state index is 6.10. The van der Waals surface area contributed by atoms with Crippen LogP contribution in [0.3, 0.4) is 0 Å². The van der Waals surface area contributed by atoms with E-state index in [2.05, 4.69) is 25.4 Å². The van der Waals surface area contributed by atoms with Crippen LogP contribution < -0.4 is 5.32 Å². The second-order valence-electron chi connectivity index (χ2n) is 6.51. The van der Waals surface area contributed by atoms with Crippen LogP contribution in [0, 0.1) is 17.3 Å².